The van der Waals surface area contributed by atoms with E-state index in [0.717, 1.165) is 23.6 Å². The van der Waals surface area contributed by atoms with Gasteiger partial charge in [0.05, 0.1) is 5.56 Å². The van der Waals surface area contributed by atoms with Crippen molar-refractivity contribution in [3.05, 3.63) is 75.8 Å². The van der Waals surface area contributed by atoms with Crippen LogP contribution < -0.4 is 0 Å². The summed E-state index contributed by atoms with van der Waals surface area (Å²) in [7, 11) is 0. The number of fused-ring (bicyclic) bond motifs is 3. The molecule has 0 heterocycles. The van der Waals surface area contributed by atoms with Gasteiger partial charge in [0.1, 0.15) is 22.8 Å². The quantitative estimate of drug-likeness (QED) is 0.395. The van der Waals surface area contributed by atoms with Crippen LogP contribution in [-0.4, -0.2) is 43.4 Å². The van der Waals surface area contributed by atoms with E-state index in [-0.39, 0.29) is 35.6 Å². The Balaban J connectivity index is 1.82. The number of hydrogen-bond donors (Lipinski definition) is 4. The molecule has 0 spiro atoms. The van der Waals surface area contributed by atoms with Gasteiger partial charge in [-0.3, -0.25) is 14.4 Å². The number of aliphatic hydroxyl groups excluding tert-OH is 2. The number of Topliss-reactive ketones (excluding diaryl/α,β-unsaturated/α-hetero) is 3. The van der Waals surface area contributed by atoms with Gasteiger partial charge in [-0.05, 0) is 55.4 Å². The molecule has 5 rings (SSSR count). The second-order valence-corrected chi connectivity index (χ2v) is 12.3. The van der Waals surface area contributed by atoms with Crippen molar-refractivity contribution in [2.45, 2.75) is 60.0 Å². The maximum Gasteiger partial charge on any atom is 0.209 e. The minimum atomic E-state index is -2.61. The van der Waals surface area contributed by atoms with Gasteiger partial charge in [0.25, 0.3) is 0 Å². The van der Waals surface area contributed by atoms with Gasteiger partial charge < -0.3 is 20.4 Å². The average Bonchev–Trinajstić information content (AvgIpc) is 2.81. The number of aliphatic hydroxyl groups is 3. The van der Waals surface area contributed by atoms with Gasteiger partial charge in [-0.15, -0.1) is 0 Å². The molecule has 39 heavy (non-hydrogen) atoms. The third-order valence-corrected chi connectivity index (χ3v) is 9.22. The molecule has 0 bridgehead atoms. The number of phenolic OH excluding ortho intramolecular Hbond substituents is 1. The minimum Gasteiger partial charge on any atom is -0.511 e. The summed E-state index contributed by atoms with van der Waals surface area (Å²) in [5.74, 6) is -5.15. The van der Waals surface area contributed by atoms with E-state index < -0.39 is 56.8 Å². The molecular formula is C32H34O7. The molecule has 3 aliphatic carbocycles. The van der Waals surface area contributed by atoms with Crippen molar-refractivity contribution in [3.8, 4) is 16.9 Å². The summed E-state index contributed by atoms with van der Waals surface area (Å²) in [6.07, 6.45) is 0.299. The maximum atomic E-state index is 14.1. The molecule has 2 aromatic rings. The highest BCUT2D eigenvalue weighted by molar-refractivity contribution is 6.25. The van der Waals surface area contributed by atoms with Gasteiger partial charge in [0.15, 0.2) is 17.2 Å². The number of carbonyl (C=O) groups is 3. The van der Waals surface area contributed by atoms with Crippen LogP contribution in [0.1, 0.15) is 62.5 Å². The number of allylic oxidation sites excluding steroid dienone is 2. The summed E-state index contributed by atoms with van der Waals surface area (Å²) in [4.78, 5) is 40.4. The third-order valence-electron chi connectivity index (χ3n) is 9.22. The zero-order valence-electron chi connectivity index (χ0n) is 23.0. The smallest absolute Gasteiger partial charge is 0.209 e. The van der Waals surface area contributed by atoms with E-state index in [1.807, 2.05) is 45.0 Å². The van der Waals surface area contributed by atoms with Crippen molar-refractivity contribution < 1.29 is 34.8 Å². The summed E-state index contributed by atoms with van der Waals surface area (Å²) in [5.41, 5.74) is -2.50. The van der Waals surface area contributed by atoms with E-state index in [2.05, 4.69) is 0 Å². The molecule has 7 nitrogen and oxygen atoms in total. The minimum absolute atomic E-state index is 0.0223. The highest BCUT2D eigenvalue weighted by Gasteiger charge is 2.71. The van der Waals surface area contributed by atoms with Crippen LogP contribution in [0.3, 0.4) is 0 Å². The first-order valence-corrected chi connectivity index (χ1v) is 13.2. The Labute approximate surface area is 227 Å². The van der Waals surface area contributed by atoms with Crippen LogP contribution in [-0.2, 0) is 16.0 Å². The van der Waals surface area contributed by atoms with E-state index in [0.29, 0.717) is 5.56 Å². The number of phenols is 1. The molecule has 0 fully saturated rings. The first kappa shape index (κ1) is 26.9. The molecule has 4 atom stereocenters. The standard InChI is InChI=1S/C32H34O7/c1-15(2)24-26(35)22(17(4)33)28(37)32(39)29(38)25-27(36)23-20(13-30(25,5)14-31(24,32)6)19(10-11-21(23)34)18-9-7-8-16(3)12-18/h7-12,15,24,34-35,38-39H,13-14H2,1-6H3/t24?,30-,31-,32+/m1/s1. The largest absolute Gasteiger partial charge is 0.511 e. The number of ketones is 3. The molecule has 7 heteroatoms. The number of aryl methyl sites for hydroxylation is 1. The van der Waals surface area contributed by atoms with Gasteiger partial charge in [-0.2, -0.15) is 0 Å². The van der Waals surface area contributed by atoms with E-state index >= 15 is 0 Å². The summed E-state index contributed by atoms with van der Waals surface area (Å²) in [5, 5.41) is 45.9. The highest BCUT2D eigenvalue weighted by Crippen LogP contribution is 2.65. The predicted molar refractivity (Wildman–Crippen MR) is 145 cm³/mol. The normalized spacial score (nSPS) is 30.3. The average molecular weight is 531 g/mol. The lowest BCUT2D eigenvalue weighted by Gasteiger charge is -2.59. The van der Waals surface area contributed by atoms with Gasteiger partial charge in [-0.1, -0.05) is 63.6 Å². The molecule has 0 amide bonds. The van der Waals surface area contributed by atoms with E-state index in [1.165, 1.54) is 6.07 Å². The fourth-order valence-electron chi connectivity index (χ4n) is 7.82. The van der Waals surface area contributed by atoms with E-state index in [1.54, 1.807) is 19.9 Å². The summed E-state index contributed by atoms with van der Waals surface area (Å²) >= 11 is 0. The molecule has 204 valence electrons. The molecule has 1 unspecified atom stereocenters. The molecule has 0 saturated heterocycles. The second kappa shape index (κ2) is 8.39. The number of carbonyl (C=O) groups excluding carboxylic acids is 3. The SMILES string of the molecule is CC(=O)C1=C(O)C(C(C)C)[C@@]2(C)C[C@@]3(C)Cc4c(-c5cccc(C)c5)ccc(O)c4C(=O)C3=C(O)[C@@]2(O)C1=O. The second-order valence-electron chi connectivity index (χ2n) is 12.3. The van der Waals surface area contributed by atoms with E-state index in [4.69, 9.17) is 0 Å². The fraction of sp³-hybridized carbons (Fsp3) is 0.406. The van der Waals surface area contributed by atoms with Crippen LogP contribution in [0.15, 0.2) is 59.1 Å². The Bertz CT molecular complexity index is 1540. The van der Waals surface area contributed by atoms with Gasteiger partial charge in [0.2, 0.25) is 5.78 Å². The van der Waals surface area contributed by atoms with Gasteiger partial charge in [0, 0.05) is 22.3 Å². The molecule has 0 saturated carbocycles. The Morgan fingerprint density at radius 3 is 2.31 bits per heavy atom. The van der Waals surface area contributed by atoms with Crippen molar-refractivity contribution in [2.24, 2.45) is 22.7 Å². The number of aromatic hydroxyl groups is 1. The van der Waals surface area contributed by atoms with Crippen LogP contribution in [0.25, 0.3) is 11.1 Å². The van der Waals surface area contributed by atoms with Crippen LogP contribution in [0.2, 0.25) is 0 Å². The van der Waals surface area contributed by atoms with Crippen LogP contribution >= 0.6 is 0 Å². The molecule has 4 N–H and O–H groups in total. The third kappa shape index (κ3) is 3.35. The van der Waals surface area contributed by atoms with Crippen LogP contribution in [0.5, 0.6) is 5.75 Å². The van der Waals surface area contributed by atoms with Crippen LogP contribution in [0, 0.1) is 29.6 Å². The molecule has 0 aliphatic heterocycles. The summed E-state index contributed by atoms with van der Waals surface area (Å²) in [6, 6.07) is 11.0. The topological polar surface area (TPSA) is 132 Å². The zero-order chi connectivity index (χ0) is 28.8. The first-order chi connectivity index (χ1) is 18.1. The molecule has 2 aromatic carbocycles. The lowest BCUT2D eigenvalue weighted by Crippen LogP contribution is -2.67. The zero-order valence-corrected chi connectivity index (χ0v) is 23.0. The lowest BCUT2D eigenvalue weighted by atomic mass is 9.44. The molecule has 0 aromatic heterocycles. The summed E-state index contributed by atoms with van der Waals surface area (Å²) in [6.45, 7) is 10.1. The van der Waals surface area contributed by atoms with Crippen molar-refractivity contribution >= 4 is 17.3 Å². The highest BCUT2D eigenvalue weighted by atomic mass is 16.3. The van der Waals surface area contributed by atoms with Crippen LogP contribution in [0.4, 0.5) is 0 Å². The molecule has 0 radical (unpaired) electrons. The van der Waals surface area contributed by atoms with Crippen molar-refractivity contribution in [3.63, 3.8) is 0 Å². The fourth-order valence-corrected chi connectivity index (χ4v) is 7.82. The van der Waals surface area contributed by atoms with E-state index in [9.17, 15) is 34.8 Å². The van der Waals surface area contributed by atoms with Crippen molar-refractivity contribution in [2.75, 3.05) is 0 Å². The number of benzene rings is 2. The first-order valence-electron chi connectivity index (χ1n) is 13.2. The Kier molecular flexibility index (Phi) is 5.78. The number of rotatable bonds is 3. The van der Waals surface area contributed by atoms with Gasteiger partial charge >= 0.3 is 0 Å². The molecule has 3 aliphatic rings. The molecular weight excluding hydrogens is 496 g/mol. The Morgan fingerprint density at radius 1 is 1.05 bits per heavy atom. The monoisotopic (exact) mass is 530 g/mol. The van der Waals surface area contributed by atoms with Crippen molar-refractivity contribution in [1.82, 2.24) is 0 Å². The lowest BCUT2D eigenvalue weighted by molar-refractivity contribution is -0.171. The summed E-state index contributed by atoms with van der Waals surface area (Å²) < 4.78 is 0. The Hall–Kier alpha value is -3.71. The van der Waals surface area contributed by atoms with Crippen molar-refractivity contribution in [1.29, 1.82) is 0 Å². The maximum absolute atomic E-state index is 14.1. The number of hydrogen-bond acceptors (Lipinski definition) is 7. The van der Waals surface area contributed by atoms with Gasteiger partial charge in [-0.25, -0.2) is 0 Å². The Morgan fingerprint density at radius 2 is 1.72 bits per heavy atom. The predicted octanol–water partition coefficient (Wildman–Crippen LogP) is 5.32.